The van der Waals surface area contributed by atoms with Gasteiger partial charge in [-0.2, -0.15) is 0 Å². The van der Waals surface area contributed by atoms with Gasteiger partial charge in [-0.1, -0.05) is 18.2 Å². The van der Waals surface area contributed by atoms with Crippen LogP contribution in [0.15, 0.2) is 12.7 Å². The molecule has 4 heteroatoms. The van der Waals surface area contributed by atoms with Gasteiger partial charge in [-0.25, -0.2) is 5.90 Å². The lowest BCUT2D eigenvalue weighted by Crippen LogP contribution is -2.05. The first-order valence-electron chi connectivity index (χ1n) is 1.43. The topological polar surface area (TPSA) is 35.2 Å². The molecular formula is C3H7Cl2NO. The van der Waals surface area contributed by atoms with E-state index in [4.69, 9.17) is 11.6 Å². The highest BCUT2D eigenvalue weighted by Crippen LogP contribution is 1.91. The summed E-state index contributed by atoms with van der Waals surface area (Å²) < 4.78 is 0. The van der Waals surface area contributed by atoms with Crippen LogP contribution in [0, 0.1) is 0 Å². The Kier molecular flexibility index (Phi) is 9.15. The molecule has 7 heavy (non-hydrogen) atoms. The minimum Gasteiger partial charge on any atom is -0.281 e. The largest absolute Gasteiger partial charge is 0.281 e. The van der Waals surface area contributed by atoms with Crippen LogP contribution < -0.4 is 5.90 Å². The zero-order chi connectivity index (χ0) is 4.99. The van der Waals surface area contributed by atoms with Crippen LogP contribution >= 0.6 is 24.0 Å². The molecule has 0 aliphatic carbocycles. The van der Waals surface area contributed by atoms with Gasteiger partial charge in [-0.05, 0) is 6.08 Å². The summed E-state index contributed by atoms with van der Waals surface area (Å²) >= 11 is 5.18. The highest BCUT2D eigenvalue weighted by molar-refractivity contribution is 6.20. The lowest BCUT2D eigenvalue weighted by atomic mass is 10.7. The summed E-state index contributed by atoms with van der Waals surface area (Å²) in [6.45, 7) is 3.29. The van der Waals surface area contributed by atoms with Gasteiger partial charge in [-0.15, -0.1) is 12.4 Å². The van der Waals surface area contributed by atoms with E-state index < -0.39 is 5.56 Å². The van der Waals surface area contributed by atoms with E-state index >= 15 is 0 Å². The third-order valence-corrected chi connectivity index (χ3v) is 0.596. The smallest absolute Gasteiger partial charge is 0.170 e. The normalized spacial score (nSPS) is 11.7. The molecule has 0 spiro atoms. The maximum absolute atomic E-state index is 5.18. The Bertz CT molecular complexity index is 50.2. The Hall–Kier alpha value is 0.240. The Labute approximate surface area is 53.6 Å². The van der Waals surface area contributed by atoms with Crippen LogP contribution in [0.4, 0.5) is 0 Å². The van der Waals surface area contributed by atoms with Crippen molar-refractivity contribution >= 4 is 24.0 Å². The lowest BCUT2D eigenvalue weighted by Gasteiger charge is -1.93. The second-order valence-electron chi connectivity index (χ2n) is 0.723. The fourth-order valence-corrected chi connectivity index (χ4v) is 0.0556. The third kappa shape index (κ3) is 6.24. The molecule has 0 bridgehead atoms. The first-order valence-corrected chi connectivity index (χ1v) is 1.87. The van der Waals surface area contributed by atoms with Crippen molar-refractivity contribution in [3.8, 4) is 0 Å². The Morgan fingerprint density at radius 2 is 2.29 bits per heavy atom. The van der Waals surface area contributed by atoms with Crippen molar-refractivity contribution in [2.45, 2.75) is 5.56 Å². The Balaban J connectivity index is 0. The molecule has 0 aliphatic rings. The number of hydrogen-bond acceptors (Lipinski definition) is 2. The van der Waals surface area contributed by atoms with Crippen LogP contribution in [-0.2, 0) is 4.84 Å². The van der Waals surface area contributed by atoms with E-state index in [1.54, 1.807) is 0 Å². The third-order valence-electron chi connectivity index (χ3n) is 0.315. The molecule has 0 aromatic rings. The van der Waals surface area contributed by atoms with Gasteiger partial charge in [0.15, 0.2) is 5.56 Å². The number of halogens is 2. The molecule has 0 saturated heterocycles. The van der Waals surface area contributed by atoms with Gasteiger partial charge >= 0.3 is 0 Å². The molecule has 2 nitrogen and oxygen atoms in total. The molecule has 0 rings (SSSR count). The van der Waals surface area contributed by atoms with Crippen LogP contribution in [0.25, 0.3) is 0 Å². The summed E-state index contributed by atoms with van der Waals surface area (Å²) in [5, 5.41) is 0. The van der Waals surface area contributed by atoms with Gasteiger partial charge in [0.05, 0.1) is 0 Å². The predicted octanol–water partition coefficient (Wildman–Crippen LogP) is 1.05. The fraction of sp³-hybridized carbons (Fsp3) is 0.333. The molecular weight excluding hydrogens is 137 g/mol. The summed E-state index contributed by atoms with van der Waals surface area (Å²) in [6, 6.07) is 0. The summed E-state index contributed by atoms with van der Waals surface area (Å²) in [4.78, 5) is 4.05. The maximum atomic E-state index is 5.18. The highest BCUT2D eigenvalue weighted by atomic mass is 35.5. The molecule has 0 aliphatic heterocycles. The van der Waals surface area contributed by atoms with E-state index in [-0.39, 0.29) is 12.4 Å². The van der Waals surface area contributed by atoms with Crippen LogP contribution in [0.3, 0.4) is 0 Å². The van der Waals surface area contributed by atoms with Gasteiger partial charge in [0.2, 0.25) is 0 Å². The summed E-state index contributed by atoms with van der Waals surface area (Å²) in [6.07, 6.45) is 1.39. The monoisotopic (exact) mass is 143 g/mol. The van der Waals surface area contributed by atoms with E-state index in [9.17, 15) is 0 Å². The Morgan fingerprint density at radius 1 is 1.86 bits per heavy atom. The number of alkyl halides is 1. The maximum Gasteiger partial charge on any atom is 0.170 e. The molecule has 0 aromatic heterocycles. The van der Waals surface area contributed by atoms with Gasteiger partial charge < -0.3 is 0 Å². The van der Waals surface area contributed by atoms with E-state index in [1.807, 2.05) is 0 Å². The molecule has 1 unspecified atom stereocenters. The van der Waals surface area contributed by atoms with Crippen molar-refractivity contribution < 1.29 is 4.84 Å². The first kappa shape index (κ1) is 10.3. The minimum atomic E-state index is -0.551. The molecule has 0 fully saturated rings. The van der Waals surface area contributed by atoms with Gasteiger partial charge in [0.25, 0.3) is 0 Å². The zero-order valence-electron chi connectivity index (χ0n) is 3.63. The predicted molar refractivity (Wildman–Crippen MR) is 32.4 cm³/mol. The number of nitrogens with two attached hydrogens (primary N) is 1. The molecule has 1 atom stereocenters. The fourth-order valence-electron chi connectivity index (χ4n) is 0.0556. The van der Waals surface area contributed by atoms with Gasteiger partial charge in [0, 0.05) is 0 Å². The van der Waals surface area contributed by atoms with E-state index in [1.165, 1.54) is 6.08 Å². The average Bonchev–Trinajstić information content (AvgIpc) is 1.65. The number of rotatable bonds is 2. The van der Waals surface area contributed by atoms with Crippen LogP contribution in [0.5, 0.6) is 0 Å². The molecule has 44 valence electrons. The van der Waals surface area contributed by atoms with Gasteiger partial charge in [0.1, 0.15) is 0 Å². The molecule has 0 amide bonds. The molecule has 0 radical (unpaired) electrons. The van der Waals surface area contributed by atoms with Crippen LogP contribution in [0.2, 0.25) is 0 Å². The molecule has 0 aromatic carbocycles. The number of hydrogen-bond donors (Lipinski definition) is 1. The minimum absolute atomic E-state index is 0. The zero-order valence-corrected chi connectivity index (χ0v) is 5.21. The molecule has 2 N–H and O–H groups in total. The van der Waals surface area contributed by atoms with E-state index in [0.29, 0.717) is 0 Å². The second kappa shape index (κ2) is 6.24. The second-order valence-corrected chi connectivity index (χ2v) is 1.15. The van der Waals surface area contributed by atoms with Crippen LogP contribution in [-0.4, -0.2) is 5.56 Å². The standard InChI is InChI=1S/C3H6ClNO.ClH/c1-2-3(4)6-5;/h2-3H,1,5H2;1H. The van der Waals surface area contributed by atoms with Crippen molar-refractivity contribution in [2.24, 2.45) is 5.90 Å². The lowest BCUT2D eigenvalue weighted by molar-refractivity contribution is 0.140. The molecule has 0 heterocycles. The van der Waals surface area contributed by atoms with Crippen LogP contribution in [0.1, 0.15) is 0 Å². The SMILES string of the molecule is C=CC(Cl)ON.Cl. The Morgan fingerprint density at radius 3 is 2.29 bits per heavy atom. The molecule has 0 saturated carbocycles. The summed E-state index contributed by atoms with van der Waals surface area (Å²) in [5.74, 6) is 4.58. The summed E-state index contributed by atoms with van der Waals surface area (Å²) in [5.41, 5.74) is -0.551. The highest BCUT2D eigenvalue weighted by Gasteiger charge is 1.88. The van der Waals surface area contributed by atoms with Crippen molar-refractivity contribution in [3.05, 3.63) is 12.7 Å². The summed E-state index contributed by atoms with van der Waals surface area (Å²) in [7, 11) is 0. The van der Waals surface area contributed by atoms with E-state index in [0.717, 1.165) is 0 Å². The van der Waals surface area contributed by atoms with Crippen molar-refractivity contribution in [3.63, 3.8) is 0 Å². The average molecular weight is 144 g/mol. The van der Waals surface area contributed by atoms with Gasteiger partial charge in [-0.3, -0.25) is 4.84 Å². The van der Waals surface area contributed by atoms with Crippen molar-refractivity contribution in [1.29, 1.82) is 0 Å². The van der Waals surface area contributed by atoms with Crippen molar-refractivity contribution in [1.82, 2.24) is 0 Å². The van der Waals surface area contributed by atoms with E-state index in [2.05, 4.69) is 17.3 Å². The first-order chi connectivity index (χ1) is 2.81. The quantitative estimate of drug-likeness (QED) is 0.357. The van der Waals surface area contributed by atoms with Crippen molar-refractivity contribution in [2.75, 3.05) is 0 Å².